The maximum absolute atomic E-state index is 11.7. The molecule has 6 heteroatoms. The minimum absolute atomic E-state index is 0.120. The second kappa shape index (κ2) is 6.15. The molecular formula is C12H23N3O3. The van der Waals surface area contributed by atoms with Crippen LogP contribution in [0, 0.1) is 0 Å². The Hall–Kier alpha value is -1.14. The Bertz CT molecular complexity index is 314. The molecule has 1 aliphatic carbocycles. The Balaban J connectivity index is 2.30. The summed E-state index contributed by atoms with van der Waals surface area (Å²) < 4.78 is 0. The number of hydrogen-bond acceptors (Lipinski definition) is 4. The number of aliphatic hydroxyl groups is 1. The van der Waals surface area contributed by atoms with Gasteiger partial charge in [-0.15, -0.1) is 0 Å². The molecule has 1 rings (SSSR count). The number of carbonyl (C=O) groups excluding carboxylic acids is 2. The van der Waals surface area contributed by atoms with Crippen molar-refractivity contribution in [1.29, 1.82) is 0 Å². The molecule has 0 radical (unpaired) electrons. The SMILES string of the molecule is CC(NC(=O)CN(C)C1CC(O)C1)C(=O)N(C)C. The van der Waals surface area contributed by atoms with Crippen molar-refractivity contribution in [2.45, 2.75) is 38.0 Å². The first kappa shape index (κ1) is 14.9. The van der Waals surface area contributed by atoms with Crippen LogP contribution < -0.4 is 5.32 Å². The van der Waals surface area contributed by atoms with Crippen LogP contribution in [-0.2, 0) is 9.59 Å². The Morgan fingerprint density at radius 1 is 1.33 bits per heavy atom. The van der Waals surface area contributed by atoms with E-state index < -0.39 is 6.04 Å². The third-order valence-electron chi connectivity index (χ3n) is 3.29. The molecule has 0 aliphatic heterocycles. The first-order chi connectivity index (χ1) is 8.31. The lowest BCUT2D eigenvalue weighted by Crippen LogP contribution is -2.51. The summed E-state index contributed by atoms with van der Waals surface area (Å²) in [5, 5.41) is 11.9. The quantitative estimate of drug-likeness (QED) is 0.665. The van der Waals surface area contributed by atoms with Crippen LogP contribution in [0.3, 0.4) is 0 Å². The molecule has 2 amide bonds. The van der Waals surface area contributed by atoms with Crippen LogP contribution in [0.5, 0.6) is 0 Å². The van der Waals surface area contributed by atoms with Gasteiger partial charge in [-0.2, -0.15) is 0 Å². The zero-order valence-electron chi connectivity index (χ0n) is 11.5. The number of rotatable bonds is 5. The third kappa shape index (κ3) is 3.96. The minimum atomic E-state index is -0.507. The van der Waals surface area contributed by atoms with Gasteiger partial charge in [0.1, 0.15) is 6.04 Å². The zero-order chi connectivity index (χ0) is 13.9. The standard InChI is InChI=1S/C12H23N3O3/c1-8(12(18)14(2)3)13-11(17)7-15(4)9-5-10(16)6-9/h8-10,16H,5-7H2,1-4H3,(H,13,17). The number of aliphatic hydroxyl groups excluding tert-OH is 1. The number of nitrogens with one attached hydrogen (secondary N) is 1. The largest absolute Gasteiger partial charge is 0.393 e. The van der Waals surface area contributed by atoms with E-state index in [0.717, 1.165) is 12.8 Å². The minimum Gasteiger partial charge on any atom is -0.393 e. The second-order valence-corrected chi connectivity index (χ2v) is 5.22. The van der Waals surface area contributed by atoms with E-state index in [2.05, 4.69) is 5.32 Å². The summed E-state index contributed by atoms with van der Waals surface area (Å²) in [6.45, 7) is 1.93. The van der Waals surface area contributed by atoms with Gasteiger partial charge in [-0.05, 0) is 26.8 Å². The predicted molar refractivity (Wildman–Crippen MR) is 68.0 cm³/mol. The Morgan fingerprint density at radius 3 is 2.33 bits per heavy atom. The van der Waals surface area contributed by atoms with Crippen molar-refractivity contribution < 1.29 is 14.7 Å². The molecule has 1 fully saturated rings. The average Bonchev–Trinajstić information content (AvgIpc) is 2.22. The van der Waals surface area contributed by atoms with Crippen LogP contribution in [0.1, 0.15) is 19.8 Å². The van der Waals surface area contributed by atoms with Crippen molar-refractivity contribution >= 4 is 11.8 Å². The van der Waals surface area contributed by atoms with E-state index in [1.807, 2.05) is 11.9 Å². The lowest BCUT2D eigenvalue weighted by Gasteiger charge is -2.38. The van der Waals surface area contributed by atoms with Crippen molar-refractivity contribution in [2.24, 2.45) is 0 Å². The van der Waals surface area contributed by atoms with Gasteiger partial charge in [0.15, 0.2) is 0 Å². The topological polar surface area (TPSA) is 72.9 Å². The second-order valence-electron chi connectivity index (χ2n) is 5.22. The number of carbonyl (C=O) groups is 2. The first-order valence-corrected chi connectivity index (χ1v) is 6.20. The molecule has 0 heterocycles. The highest BCUT2D eigenvalue weighted by molar-refractivity contribution is 5.87. The molecule has 1 aliphatic rings. The molecule has 1 unspecified atom stereocenters. The van der Waals surface area contributed by atoms with E-state index in [1.165, 1.54) is 4.90 Å². The smallest absolute Gasteiger partial charge is 0.244 e. The summed E-state index contributed by atoms with van der Waals surface area (Å²) in [7, 11) is 5.17. The van der Waals surface area contributed by atoms with E-state index in [0.29, 0.717) is 0 Å². The Morgan fingerprint density at radius 2 is 1.89 bits per heavy atom. The molecule has 1 saturated carbocycles. The number of amides is 2. The monoisotopic (exact) mass is 257 g/mol. The number of hydrogen-bond donors (Lipinski definition) is 2. The van der Waals surface area contributed by atoms with Gasteiger partial charge < -0.3 is 15.3 Å². The van der Waals surface area contributed by atoms with Crippen LogP contribution in [0.2, 0.25) is 0 Å². The summed E-state index contributed by atoms with van der Waals surface area (Å²) in [6, 6.07) is -0.238. The molecule has 1 atom stereocenters. The van der Waals surface area contributed by atoms with Gasteiger partial charge in [-0.3, -0.25) is 14.5 Å². The van der Waals surface area contributed by atoms with Gasteiger partial charge >= 0.3 is 0 Å². The summed E-state index contributed by atoms with van der Waals surface area (Å²) >= 11 is 0. The van der Waals surface area contributed by atoms with Crippen LogP contribution in [0.15, 0.2) is 0 Å². The van der Waals surface area contributed by atoms with Gasteiger partial charge in [-0.1, -0.05) is 0 Å². The van der Waals surface area contributed by atoms with E-state index in [9.17, 15) is 14.7 Å². The highest BCUT2D eigenvalue weighted by Gasteiger charge is 2.31. The fourth-order valence-electron chi connectivity index (χ4n) is 2.01. The van der Waals surface area contributed by atoms with Crippen LogP contribution in [0.25, 0.3) is 0 Å². The highest BCUT2D eigenvalue weighted by atomic mass is 16.3. The van der Waals surface area contributed by atoms with Crippen molar-refractivity contribution in [3.63, 3.8) is 0 Å². The van der Waals surface area contributed by atoms with Gasteiger partial charge in [-0.25, -0.2) is 0 Å². The average molecular weight is 257 g/mol. The lowest BCUT2D eigenvalue weighted by molar-refractivity contribution is -0.134. The lowest BCUT2D eigenvalue weighted by atomic mass is 9.88. The molecule has 0 saturated heterocycles. The van der Waals surface area contributed by atoms with Gasteiger partial charge in [0, 0.05) is 20.1 Å². The van der Waals surface area contributed by atoms with Crippen molar-refractivity contribution in [1.82, 2.24) is 15.1 Å². The van der Waals surface area contributed by atoms with E-state index >= 15 is 0 Å². The molecule has 0 bridgehead atoms. The summed E-state index contributed by atoms with van der Waals surface area (Å²) in [5.74, 6) is -0.286. The van der Waals surface area contributed by atoms with Crippen LogP contribution in [-0.4, -0.2) is 72.6 Å². The van der Waals surface area contributed by atoms with Crippen LogP contribution >= 0.6 is 0 Å². The maximum Gasteiger partial charge on any atom is 0.244 e. The molecule has 0 aromatic rings. The molecule has 0 aromatic carbocycles. The highest BCUT2D eigenvalue weighted by Crippen LogP contribution is 2.23. The van der Waals surface area contributed by atoms with Gasteiger partial charge in [0.05, 0.1) is 12.6 Å². The molecule has 2 N–H and O–H groups in total. The van der Waals surface area contributed by atoms with E-state index in [1.54, 1.807) is 21.0 Å². The summed E-state index contributed by atoms with van der Waals surface area (Å²) in [6.07, 6.45) is 1.21. The molecular weight excluding hydrogens is 234 g/mol. The Labute approximate surface area is 108 Å². The van der Waals surface area contributed by atoms with Crippen molar-refractivity contribution in [2.75, 3.05) is 27.7 Å². The normalized spacial score (nSPS) is 24.3. The zero-order valence-corrected chi connectivity index (χ0v) is 11.5. The summed E-state index contributed by atoms with van der Waals surface area (Å²) in [5.41, 5.74) is 0. The molecule has 104 valence electrons. The molecule has 6 nitrogen and oxygen atoms in total. The first-order valence-electron chi connectivity index (χ1n) is 6.20. The fraction of sp³-hybridized carbons (Fsp3) is 0.833. The van der Waals surface area contributed by atoms with Gasteiger partial charge in [0.25, 0.3) is 0 Å². The molecule has 18 heavy (non-hydrogen) atoms. The predicted octanol–water partition coefficient (Wildman–Crippen LogP) is -0.966. The van der Waals surface area contributed by atoms with E-state index in [-0.39, 0.29) is 30.5 Å². The number of nitrogens with zero attached hydrogens (tertiary/aromatic N) is 2. The molecule has 0 aromatic heterocycles. The van der Waals surface area contributed by atoms with Crippen LogP contribution in [0.4, 0.5) is 0 Å². The van der Waals surface area contributed by atoms with Gasteiger partial charge in [0.2, 0.25) is 11.8 Å². The third-order valence-corrected chi connectivity index (χ3v) is 3.29. The number of likely N-dealkylation sites (N-methyl/N-ethyl adjacent to an activating group) is 2. The molecule has 0 spiro atoms. The van der Waals surface area contributed by atoms with Crippen molar-refractivity contribution in [3.05, 3.63) is 0 Å². The van der Waals surface area contributed by atoms with E-state index in [4.69, 9.17) is 0 Å². The fourth-order valence-corrected chi connectivity index (χ4v) is 2.01. The Kier molecular flexibility index (Phi) is 5.10. The van der Waals surface area contributed by atoms with Crippen molar-refractivity contribution in [3.8, 4) is 0 Å². The maximum atomic E-state index is 11.7. The summed E-state index contributed by atoms with van der Waals surface area (Å²) in [4.78, 5) is 26.7.